The minimum absolute atomic E-state index is 0.570. The number of nitrogens with zero attached hydrogens (tertiary/aromatic N) is 3. The second-order valence-electron chi connectivity index (χ2n) is 6.73. The second-order valence-corrected chi connectivity index (χ2v) is 6.73. The molecule has 1 aromatic carbocycles. The fourth-order valence-electron chi connectivity index (χ4n) is 3.37. The van der Waals surface area contributed by atoms with Gasteiger partial charge in [0.15, 0.2) is 0 Å². The molecule has 1 fully saturated rings. The van der Waals surface area contributed by atoms with Crippen LogP contribution in [0.15, 0.2) is 42.9 Å². The van der Waals surface area contributed by atoms with Gasteiger partial charge in [-0.3, -0.25) is 0 Å². The van der Waals surface area contributed by atoms with Gasteiger partial charge >= 0.3 is 0 Å². The van der Waals surface area contributed by atoms with Crippen molar-refractivity contribution in [3.63, 3.8) is 0 Å². The van der Waals surface area contributed by atoms with Crippen LogP contribution in [0.4, 0.5) is 0 Å². The highest BCUT2D eigenvalue weighted by atomic mass is 16.5. The van der Waals surface area contributed by atoms with E-state index in [0.29, 0.717) is 12.4 Å². The second kappa shape index (κ2) is 5.91. The van der Waals surface area contributed by atoms with E-state index >= 15 is 0 Å². The molecular formula is C19H21N3O2. The zero-order valence-corrected chi connectivity index (χ0v) is 13.8. The van der Waals surface area contributed by atoms with E-state index in [1.807, 2.05) is 41.8 Å². The molecule has 0 atom stereocenters. The van der Waals surface area contributed by atoms with E-state index in [4.69, 9.17) is 4.74 Å². The summed E-state index contributed by atoms with van der Waals surface area (Å²) in [6, 6.07) is 9.63. The maximum Gasteiger partial charge on any atom is 0.219 e. The number of pyridine rings is 1. The van der Waals surface area contributed by atoms with E-state index in [0.717, 1.165) is 48.0 Å². The first-order valence-corrected chi connectivity index (χ1v) is 8.39. The zero-order chi connectivity index (χ0) is 16.6. The van der Waals surface area contributed by atoms with Crippen LogP contribution < -0.4 is 4.74 Å². The first-order valence-electron chi connectivity index (χ1n) is 8.39. The van der Waals surface area contributed by atoms with Crippen LogP contribution in [0.3, 0.4) is 0 Å². The van der Waals surface area contributed by atoms with Crippen LogP contribution in [0.5, 0.6) is 11.6 Å². The van der Waals surface area contributed by atoms with Crippen LogP contribution in [0.25, 0.3) is 11.0 Å². The molecule has 0 unspecified atom stereocenters. The van der Waals surface area contributed by atoms with Gasteiger partial charge in [0, 0.05) is 18.3 Å². The monoisotopic (exact) mass is 323 g/mol. The molecule has 1 aliphatic carbocycles. The number of hydrogen-bond donors (Lipinski definition) is 1. The molecule has 24 heavy (non-hydrogen) atoms. The van der Waals surface area contributed by atoms with Crippen molar-refractivity contribution in [2.45, 2.75) is 44.8 Å². The van der Waals surface area contributed by atoms with Crippen LogP contribution in [-0.2, 0) is 6.54 Å². The molecule has 4 rings (SSSR count). The first-order chi connectivity index (χ1) is 11.6. The van der Waals surface area contributed by atoms with Crippen LogP contribution in [0, 0.1) is 6.92 Å². The average molecular weight is 323 g/mol. The number of rotatable bonds is 4. The van der Waals surface area contributed by atoms with E-state index in [1.54, 1.807) is 12.5 Å². The quantitative estimate of drug-likeness (QED) is 0.792. The van der Waals surface area contributed by atoms with Gasteiger partial charge in [-0.05, 0) is 37.5 Å². The van der Waals surface area contributed by atoms with Crippen molar-refractivity contribution in [2.75, 3.05) is 0 Å². The summed E-state index contributed by atoms with van der Waals surface area (Å²) < 4.78 is 7.87. The third-order valence-corrected chi connectivity index (χ3v) is 4.70. The van der Waals surface area contributed by atoms with Gasteiger partial charge in [-0.15, -0.1) is 0 Å². The molecule has 124 valence electrons. The van der Waals surface area contributed by atoms with Crippen molar-refractivity contribution in [3.8, 4) is 11.6 Å². The van der Waals surface area contributed by atoms with Gasteiger partial charge in [-0.2, -0.15) is 0 Å². The third kappa shape index (κ3) is 2.99. The maximum absolute atomic E-state index is 10.7. The highest BCUT2D eigenvalue weighted by Gasteiger charge is 2.31. The standard InChI is InChI=1S/C19H21N3O2/c1-14-4-7-18(20-11-14)24-15-5-6-16-17(10-15)22(13-21-16)12-19(23)8-2-3-9-19/h4-7,10-11,13,23H,2-3,8-9,12H2,1H3. The van der Waals surface area contributed by atoms with Gasteiger partial charge < -0.3 is 14.4 Å². The molecule has 2 aromatic heterocycles. The predicted molar refractivity (Wildman–Crippen MR) is 92.2 cm³/mol. The lowest BCUT2D eigenvalue weighted by atomic mass is 10.0. The number of fused-ring (bicyclic) bond motifs is 1. The smallest absolute Gasteiger partial charge is 0.219 e. The lowest BCUT2D eigenvalue weighted by Gasteiger charge is -2.22. The lowest BCUT2D eigenvalue weighted by molar-refractivity contribution is 0.0309. The molecule has 1 aliphatic rings. The van der Waals surface area contributed by atoms with Gasteiger partial charge in [0.1, 0.15) is 5.75 Å². The Hall–Kier alpha value is -2.40. The fourth-order valence-corrected chi connectivity index (χ4v) is 3.37. The number of ether oxygens (including phenoxy) is 1. The summed E-state index contributed by atoms with van der Waals surface area (Å²) in [5.74, 6) is 1.29. The summed E-state index contributed by atoms with van der Waals surface area (Å²) in [6.07, 6.45) is 7.49. The van der Waals surface area contributed by atoms with Crippen molar-refractivity contribution in [1.29, 1.82) is 0 Å². The molecule has 3 aromatic rings. The summed E-state index contributed by atoms with van der Waals surface area (Å²) >= 11 is 0. The zero-order valence-electron chi connectivity index (χ0n) is 13.8. The Balaban J connectivity index is 1.61. The van der Waals surface area contributed by atoms with E-state index in [-0.39, 0.29) is 0 Å². The fraction of sp³-hybridized carbons (Fsp3) is 0.368. The molecular weight excluding hydrogens is 302 g/mol. The number of aryl methyl sites for hydroxylation is 1. The van der Waals surface area contributed by atoms with E-state index in [1.165, 1.54) is 0 Å². The van der Waals surface area contributed by atoms with E-state index in [2.05, 4.69) is 9.97 Å². The number of benzene rings is 1. The first kappa shape index (κ1) is 15.1. The summed E-state index contributed by atoms with van der Waals surface area (Å²) in [6.45, 7) is 2.57. The van der Waals surface area contributed by atoms with Crippen molar-refractivity contribution in [2.24, 2.45) is 0 Å². The van der Waals surface area contributed by atoms with Gasteiger partial charge in [0.2, 0.25) is 5.88 Å². The van der Waals surface area contributed by atoms with Crippen LogP contribution in [-0.4, -0.2) is 25.2 Å². The largest absolute Gasteiger partial charge is 0.439 e. The van der Waals surface area contributed by atoms with Crippen LogP contribution in [0.1, 0.15) is 31.2 Å². The highest BCUT2D eigenvalue weighted by Crippen LogP contribution is 2.32. The van der Waals surface area contributed by atoms with Crippen LogP contribution in [0.2, 0.25) is 0 Å². The molecule has 0 amide bonds. The van der Waals surface area contributed by atoms with Crippen LogP contribution >= 0.6 is 0 Å². The van der Waals surface area contributed by atoms with Gasteiger partial charge in [-0.1, -0.05) is 18.9 Å². The molecule has 0 aliphatic heterocycles. The normalized spacial score (nSPS) is 16.6. The topological polar surface area (TPSA) is 60.2 Å². The molecule has 2 heterocycles. The summed E-state index contributed by atoms with van der Waals surface area (Å²) in [7, 11) is 0. The van der Waals surface area contributed by atoms with Crippen molar-refractivity contribution >= 4 is 11.0 Å². The molecule has 0 bridgehead atoms. The van der Waals surface area contributed by atoms with Gasteiger partial charge in [0.05, 0.1) is 29.5 Å². The van der Waals surface area contributed by atoms with E-state index in [9.17, 15) is 5.11 Å². The number of imidazole rings is 1. The highest BCUT2D eigenvalue weighted by molar-refractivity contribution is 5.77. The summed E-state index contributed by atoms with van der Waals surface area (Å²) in [5, 5.41) is 10.7. The Morgan fingerprint density at radius 1 is 1.17 bits per heavy atom. The number of hydrogen-bond acceptors (Lipinski definition) is 4. The predicted octanol–water partition coefficient (Wildman–Crippen LogP) is 3.84. The third-order valence-electron chi connectivity index (χ3n) is 4.70. The van der Waals surface area contributed by atoms with Crippen molar-refractivity contribution < 1.29 is 9.84 Å². The number of aliphatic hydroxyl groups is 1. The average Bonchev–Trinajstić information content (AvgIpc) is 3.17. The minimum Gasteiger partial charge on any atom is -0.439 e. The molecule has 0 saturated heterocycles. The van der Waals surface area contributed by atoms with Gasteiger partial charge in [-0.25, -0.2) is 9.97 Å². The SMILES string of the molecule is Cc1ccc(Oc2ccc3ncn(CC4(O)CCCC4)c3c2)nc1. The summed E-state index contributed by atoms with van der Waals surface area (Å²) in [4.78, 5) is 8.71. The lowest BCUT2D eigenvalue weighted by Crippen LogP contribution is -2.30. The summed E-state index contributed by atoms with van der Waals surface area (Å²) in [5.41, 5.74) is 2.37. The molecule has 0 spiro atoms. The molecule has 1 N–H and O–H groups in total. The molecule has 1 saturated carbocycles. The van der Waals surface area contributed by atoms with Crippen molar-refractivity contribution in [3.05, 3.63) is 48.4 Å². The van der Waals surface area contributed by atoms with Gasteiger partial charge in [0.25, 0.3) is 0 Å². The minimum atomic E-state index is -0.608. The Bertz CT molecular complexity index is 849. The molecule has 0 radical (unpaired) electrons. The van der Waals surface area contributed by atoms with Crippen molar-refractivity contribution in [1.82, 2.24) is 14.5 Å². The Morgan fingerprint density at radius 2 is 2.00 bits per heavy atom. The molecule has 5 nitrogen and oxygen atoms in total. The molecule has 5 heteroatoms. The Labute approximate surface area is 140 Å². The Kier molecular flexibility index (Phi) is 3.73. The Morgan fingerprint density at radius 3 is 2.75 bits per heavy atom. The van der Waals surface area contributed by atoms with E-state index < -0.39 is 5.60 Å². The number of aromatic nitrogens is 3. The maximum atomic E-state index is 10.7.